The maximum atomic E-state index is 14.4. The molecule has 4 heterocycles. The number of aliphatic hydroxyl groups excluding tert-OH is 5. The van der Waals surface area contributed by atoms with Crippen molar-refractivity contribution >= 4 is 23.6 Å². The first-order valence-corrected chi connectivity index (χ1v) is 26.1. The van der Waals surface area contributed by atoms with Crippen LogP contribution in [0.4, 0.5) is 29.7 Å². The summed E-state index contributed by atoms with van der Waals surface area (Å²) < 4.78 is 77.3. The van der Waals surface area contributed by atoms with Gasteiger partial charge in [0.05, 0.1) is 36.8 Å². The van der Waals surface area contributed by atoms with Gasteiger partial charge in [0.2, 0.25) is 0 Å². The van der Waals surface area contributed by atoms with E-state index >= 15 is 0 Å². The van der Waals surface area contributed by atoms with E-state index in [1.807, 2.05) is 0 Å². The Hall–Kier alpha value is -3.60. The molecule has 4 saturated heterocycles. The Kier molecular flexibility index (Phi) is 14.8. The molecule has 4 aliphatic carbocycles. The van der Waals surface area contributed by atoms with E-state index in [2.05, 4.69) is 38.3 Å². The van der Waals surface area contributed by atoms with E-state index in [0.717, 1.165) is 70.1 Å². The van der Waals surface area contributed by atoms with Crippen LogP contribution in [0, 0.1) is 63.9 Å². The molecule has 72 heavy (non-hydrogen) atoms. The number of para-hydroxylation sites is 2. The van der Waals surface area contributed by atoms with Crippen molar-refractivity contribution < 1.29 is 81.8 Å². The van der Waals surface area contributed by atoms with Crippen molar-refractivity contribution in [1.29, 1.82) is 0 Å². The van der Waals surface area contributed by atoms with Gasteiger partial charge in [0, 0.05) is 12.3 Å². The first-order chi connectivity index (χ1) is 34.4. The number of benzene rings is 2. The summed E-state index contributed by atoms with van der Waals surface area (Å²) in [6.07, 6.45) is -9.27. The minimum atomic E-state index is -2.01. The van der Waals surface area contributed by atoms with Crippen molar-refractivity contribution in [3.05, 3.63) is 60.2 Å². The van der Waals surface area contributed by atoms with Crippen LogP contribution < -0.4 is 10.6 Å². The molecule has 0 bridgehead atoms. The standard InChI is InChI=1S/C53H72F2N2O15/c1-26-15-20-53(66-24-26)27(2)40-37(72-53)22-32-30-14-13-28-21-29(16-18-51(28,3)31(30)17-19-52(32,40)4)67-47-43(61)41(59)45(38(23-58)68-47)70-48-44(62)42(60)46(71-50(64)57-36-12-8-6-10-34(36)55)39(69-48)25-65-49(63)56-35-11-7-5-9-33(35)54/h5-12,26-32,37-48,58-62H,13-25H2,1-4H3,(H,56,63)(H,57,64)/t26-,27+,28+,29+,30?,31?,32?,37?,38+,39+,40?,41-,42-,43+,44+,45-,46-,47-,48+,51+,52+,53-/m1/s1. The third kappa shape index (κ3) is 9.45. The Morgan fingerprint density at radius 2 is 1.36 bits per heavy atom. The van der Waals surface area contributed by atoms with Gasteiger partial charge in [-0.3, -0.25) is 10.6 Å². The maximum Gasteiger partial charge on any atom is 0.412 e. The minimum Gasteiger partial charge on any atom is -0.446 e. The summed E-state index contributed by atoms with van der Waals surface area (Å²) >= 11 is 0. The molecule has 10 rings (SSSR count). The summed E-state index contributed by atoms with van der Waals surface area (Å²) in [6.45, 7) is 8.93. The van der Waals surface area contributed by atoms with E-state index in [1.165, 1.54) is 49.2 Å². The molecule has 2 amide bonds. The molecule has 4 saturated carbocycles. The van der Waals surface area contributed by atoms with Crippen molar-refractivity contribution in [1.82, 2.24) is 0 Å². The van der Waals surface area contributed by atoms with Gasteiger partial charge in [-0.2, -0.15) is 0 Å². The highest BCUT2D eigenvalue weighted by Gasteiger charge is 2.69. The van der Waals surface area contributed by atoms with E-state index in [4.69, 9.17) is 37.9 Å². The fraction of sp³-hybridized carbons (Fsp3) is 0.736. The third-order valence-corrected chi connectivity index (χ3v) is 18.8. The topological polar surface area (TPSA) is 233 Å². The number of anilines is 2. The average Bonchev–Trinajstić information content (AvgIpc) is 3.81. The summed E-state index contributed by atoms with van der Waals surface area (Å²) in [5.74, 6) is 1.63. The van der Waals surface area contributed by atoms with Crippen LogP contribution in [0.25, 0.3) is 0 Å². The molecule has 22 atom stereocenters. The summed E-state index contributed by atoms with van der Waals surface area (Å²) in [6, 6.07) is 10.5. The SMILES string of the molecule is C[C@@H]1CC[C@@]2(OC1)OC1CC3C4CC[C@H]5C[C@@H](O[C@@H]6O[C@@H](CO)[C@@H](O[C@@H]7O[C@@H](COC(=O)Nc8ccccc8F)[C@@H](OC(=O)Nc8ccccc8F)[C@H](O)[C@@H]7O)[C@H](O)[C@@H]6O)CC[C@]5(C)C4CC[C@]3(C)C1[C@@H]2C. The van der Waals surface area contributed by atoms with Crippen molar-refractivity contribution in [2.45, 2.75) is 171 Å². The predicted molar refractivity (Wildman–Crippen MR) is 252 cm³/mol. The summed E-state index contributed by atoms with van der Waals surface area (Å²) in [5.41, 5.74) is -0.141. The lowest BCUT2D eigenvalue weighted by Gasteiger charge is -2.61. The smallest absolute Gasteiger partial charge is 0.412 e. The van der Waals surface area contributed by atoms with Crippen molar-refractivity contribution in [3.63, 3.8) is 0 Å². The van der Waals surface area contributed by atoms with Gasteiger partial charge in [-0.15, -0.1) is 0 Å². The normalized spacial score (nSPS) is 45.5. The Morgan fingerprint density at radius 3 is 2.03 bits per heavy atom. The van der Waals surface area contributed by atoms with Crippen LogP contribution in [-0.4, -0.2) is 137 Å². The summed E-state index contributed by atoms with van der Waals surface area (Å²) in [4.78, 5) is 25.8. The van der Waals surface area contributed by atoms with E-state index in [-0.39, 0.29) is 34.4 Å². The molecular formula is C53H72F2N2O15. The molecule has 7 N–H and O–H groups in total. The van der Waals surface area contributed by atoms with Crippen LogP contribution in [0.2, 0.25) is 0 Å². The van der Waals surface area contributed by atoms with E-state index in [1.54, 1.807) is 0 Å². The molecule has 4 aliphatic heterocycles. The van der Waals surface area contributed by atoms with Crippen LogP contribution in [-0.2, 0) is 37.9 Å². The second-order valence-electron chi connectivity index (χ2n) is 22.7. The Bertz CT molecular complexity index is 2260. The highest BCUT2D eigenvalue weighted by Crippen LogP contribution is 2.71. The molecule has 5 unspecified atom stereocenters. The zero-order valence-corrected chi connectivity index (χ0v) is 41.4. The van der Waals surface area contributed by atoms with Gasteiger partial charge in [0.1, 0.15) is 61.0 Å². The lowest BCUT2D eigenvalue weighted by Crippen LogP contribution is -2.65. The van der Waals surface area contributed by atoms with Crippen LogP contribution in [0.15, 0.2) is 48.5 Å². The Morgan fingerprint density at radius 1 is 0.722 bits per heavy atom. The molecule has 8 aliphatic rings. The summed E-state index contributed by atoms with van der Waals surface area (Å²) in [5, 5.41) is 60.8. The third-order valence-electron chi connectivity index (χ3n) is 18.8. The first-order valence-electron chi connectivity index (χ1n) is 26.1. The fourth-order valence-corrected chi connectivity index (χ4v) is 15.0. The fourth-order valence-electron chi connectivity index (χ4n) is 15.0. The molecule has 0 aromatic heterocycles. The highest BCUT2D eigenvalue weighted by atomic mass is 19.1. The van der Waals surface area contributed by atoms with Gasteiger partial charge in [0.15, 0.2) is 24.5 Å². The van der Waals surface area contributed by atoms with Crippen molar-refractivity contribution in [2.24, 2.45) is 52.3 Å². The Balaban J connectivity index is 0.767. The number of hydrogen-bond donors (Lipinski definition) is 7. The molecule has 0 radical (unpaired) electrons. The van der Waals surface area contributed by atoms with Crippen LogP contribution >= 0.6 is 0 Å². The lowest BCUT2D eigenvalue weighted by atomic mass is 9.44. The molecule has 398 valence electrons. The number of amides is 2. The number of aliphatic hydroxyl groups is 5. The quantitative estimate of drug-likeness (QED) is 0.131. The first kappa shape index (κ1) is 51.9. The second-order valence-corrected chi connectivity index (χ2v) is 22.7. The average molecular weight is 1020 g/mol. The number of carbonyl (C=O) groups is 2. The van der Waals surface area contributed by atoms with Gasteiger partial charge >= 0.3 is 12.2 Å². The van der Waals surface area contributed by atoms with E-state index < -0.39 is 104 Å². The van der Waals surface area contributed by atoms with Crippen molar-refractivity contribution in [2.75, 3.05) is 30.5 Å². The number of rotatable bonds is 10. The monoisotopic (exact) mass is 1010 g/mol. The van der Waals surface area contributed by atoms with Gasteiger partial charge in [-0.05, 0) is 128 Å². The molecule has 2 aromatic carbocycles. The molecule has 8 fully saturated rings. The van der Waals surface area contributed by atoms with Crippen LogP contribution in [0.1, 0.15) is 91.9 Å². The molecular weight excluding hydrogens is 943 g/mol. The van der Waals surface area contributed by atoms with E-state index in [9.17, 15) is 43.9 Å². The Labute approximate surface area is 418 Å². The zero-order valence-electron chi connectivity index (χ0n) is 41.4. The number of nitrogens with one attached hydrogen (secondary N) is 2. The van der Waals surface area contributed by atoms with Crippen LogP contribution in [0.3, 0.4) is 0 Å². The number of fused-ring (bicyclic) bond motifs is 7. The van der Waals surface area contributed by atoms with Crippen LogP contribution in [0.5, 0.6) is 0 Å². The summed E-state index contributed by atoms with van der Waals surface area (Å²) in [7, 11) is 0. The molecule has 19 heteroatoms. The maximum absolute atomic E-state index is 14.4. The number of halogens is 2. The minimum absolute atomic E-state index is 0.113. The second kappa shape index (κ2) is 20.5. The molecule has 1 spiro atoms. The van der Waals surface area contributed by atoms with Gasteiger partial charge in [0.25, 0.3) is 0 Å². The predicted octanol–water partition coefficient (Wildman–Crippen LogP) is 6.23. The van der Waals surface area contributed by atoms with Crippen molar-refractivity contribution in [3.8, 4) is 0 Å². The van der Waals surface area contributed by atoms with Gasteiger partial charge in [-0.25, -0.2) is 18.4 Å². The molecule has 2 aromatic rings. The highest BCUT2D eigenvalue weighted by molar-refractivity contribution is 5.85. The molecule has 17 nitrogen and oxygen atoms in total. The van der Waals surface area contributed by atoms with E-state index in [0.29, 0.717) is 41.4 Å². The number of ether oxygens (including phenoxy) is 8. The zero-order chi connectivity index (χ0) is 50.9. The number of carbonyl (C=O) groups excluding carboxylic acids is 2. The lowest BCUT2D eigenvalue weighted by molar-refractivity contribution is -0.363. The number of hydrogen-bond acceptors (Lipinski definition) is 15. The van der Waals surface area contributed by atoms with Gasteiger partial charge < -0.3 is 63.4 Å². The van der Waals surface area contributed by atoms with Gasteiger partial charge in [-0.1, -0.05) is 52.0 Å². The largest absolute Gasteiger partial charge is 0.446 e.